The molecule has 2 atom stereocenters. The van der Waals surface area contributed by atoms with E-state index in [1.807, 2.05) is 6.92 Å². The van der Waals surface area contributed by atoms with E-state index in [2.05, 4.69) is 4.90 Å². The summed E-state index contributed by atoms with van der Waals surface area (Å²) in [6.45, 7) is 4.73. The molecule has 0 bridgehead atoms. The molecule has 0 aliphatic carbocycles. The molecule has 0 radical (unpaired) electrons. The Hall–Kier alpha value is -0.200. The lowest BCUT2D eigenvalue weighted by atomic mass is 10.1. The Morgan fingerprint density at radius 2 is 1.67 bits per heavy atom. The molecule has 0 spiro atoms. The number of rotatable bonds is 9. The van der Waals surface area contributed by atoms with Gasteiger partial charge in [-0.3, -0.25) is 4.90 Å². The molecule has 0 aliphatic heterocycles. The normalized spacial score (nSPS) is 15.6. The van der Waals surface area contributed by atoms with Crippen molar-refractivity contribution in [1.82, 2.24) is 4.90 Å². The van der Waals surface area contributed by atoms with Crippen molar-refractivity contribution in [2.45, 2.75) is 19.0 Å². The minimum Gasteiger partial charge on any atom is -0.395 e. The van der Waals surface area contributed by atoms with Crippen molar-refractivity contribution in [2.24, 2.45) is 5.73 Å². The average Bonchev–Trinajstić information content (AvgIpc) is 2.21. The second-order valence-corrected chi connectivity index (χ2v) is 3.63. The highest BCUT2D eigenvalue weighted by Gasteiger charge is 2.20. The smallest absolute Gasteiger partial charge is 0.0601 e. The molecule has 92 valence electrons. The Kier molecular flexibility index (Phi) is 8.94. The van der Waals surface area contributed by atoms with Crippen LogP contribution in [0.1, 0.15) is 6.92 Å². The summed E-state index contributed by atoms with van der Waals surface area (Å²) in [7, 11) is 3.32. The lowest BCUT2D eigenvalue weighted by molar-refractivity contribution is 0.0548. The van der Waals surface area contributed by atoms with Gasteiger partial charge in [0.1, 0.15) is 0 Å². The Morgan fingerprint density at radius 1 is 1.20 bits per heavy atom. The molecule has 0 saturated carbocycles. The van der Waals surface area contributed by atoms with Gasteiger partial charge in [0.15, 0.2) is 0 Å². The molecule has 3 N–H and O–H groups in total. The summed E-state index contributed by atoms with van der Waals surface area (Å²) in [4.78, 5) is 2.09. The predicted octanol–water partition coefficient (Wildman–Crippen LogP) is -0.711. The molecule has 2 unspecified atom stereocenters. The zero-order chi connectivity index (χ0) is 11.7. The van der Waals surface area contributed by atoms with Gasteiger partial charge in [0, 0.05) is 39.4 Å². The molecule has 0 saturated heterocycles. The molecule has 0 rings (SSSR count). The van der Waals surface area contributed by atoms with Gasteiger partial charge in [0.05, 0.1) is 19.8 Å². The Labute approximate surface area is 92.1 Å². The molecule has 0 aromatic rings. The first kappa shape index (κ1) is 14.8. The van der Waals surface area contributed by atoms with E-state index in [-0.39, 0.29) is 18.7 Å². The number of methoxy groups -OCH3 is 2. The van der Waals surface area contributed by atoms with Crippen LogP contribution in [0.25, 0.3) is 0 Å². The van der Waals surface area contributed by atoms with Crippen LogP contribution in [0.3, 0.4) is 0 Å². The van der Waals surface area contributed by atoms with Crippen LogP contribution in [0.4, 0.5) is 0 Å². The van der Waals surface area contributed by atoms with Crippen LogP contribution in [-0.2, 0) is 9.47 Å². The summed E-state index contributed by atoms with van der Waals surface area (Å²) in [5.74, 6) is 0. The third kappa shape index (κ3) is 6.06. The van der Waals surface area contributed by atoms with Crippen molar-refractivity contribution >= 4 is 0 Å². The third-order valence-corrected chi connectivity index (χ3v) is 2.43. The van der Waals surface area contributed by atoms with E-state index in [0.29, 0.717) is 13.2 Å². The highest BCUT2D eigenvalue weighted by atomic mass is 16.5. The number of hydrogen-bond donors (Lipinski definition) is 2. The zero-order valence-corrected chi connectivity index (χ0v) is 9.98. The summed E-state index contributed by atoms with van der Waals surface area (Å²) in [5, 5.41) is 9.26. The maximum atomic E-state index is 9.26. The number of nitrogens with zero attached hydrogens (tertiary/aromatic N) is 1. The van der Waals surface area contributed by atoms with Gasteiger partial charge in [-0.2, -0.15) is 0 Å². The SMILES string of the molecule is COCCN(CCOC)C(CO)C(C)N. The van der Waals surface area contributed by atoms with Crippen molar-refractivity contribution < 1.29 is 14.6 Å². The molecular weight excluding hydrogens is 196 g/mol. The molecule has 5 nitrogen and oxygen atoms in total. The number of aliphatic hydroxyl groups excluding tert-OH is 1. The van der Waals surface area contributed by atoms with Crippen molar-refractivity contribution in [2.75, 3.05) is 47.1 Å². The fourth-order valence-electron chi connectivity index (χ4n) is 1.47. The van der Waals surface area contributed by atoms with Gasteiger partial charge in [-0.15, -0.1) is 0 Å². The summed E-state index contributed by atoms with van der Waals surface area (Å²) in [6, 6.07) is -0.0981. The summed E-state index contributed by atoms with van der Waals surface area (Å²) < 4.78 is 10.0. The van der Waals surface area contributed by atoms with Gasteiger partial charge in [-0.05, 0) is 6.92 Å². The van der Waals surface area contributed by atoms with Crippen LogP contribution in [-0.4, -0.2) is 69.2 Å². The van der Waals surface area contributed by atoms with E-state index in [1.165, 1.54) is 0 Å². The van der Waals surface area contributed by atoms with Crippen molar-refractivity contribution in [3.05, 3.63) is 0 Å². The van der Waals surface area contributed by atoms with Crippen LogP contribution in [0.15, 0.2) is 0 Å². The van der Waals surface area contributed by atoms with Crippen LogP contribution in [0.2, 0.25) is 0 Å². The third-order valence-electron chi connectivity index (χ3n) is 2.43. The molecule has 0 amide bonds. The van der Waals surface area contributed by atoms with Gasteiger partial charge >= 0.3 is 0 Å². The van der Waals surface area contributed by atoms with E-state index in [9.17, 15) is 5.11 Å². The maximum Gasteiger partial charge on any atom is 0.0601 e. The first-order valence-corrected chi connectivity index (χ1v) is 5.25. The first-order valence-electron chi connectivity index (χ1n) is 5.25. The van der Waals surface area contributed by atoms with Crippen LogP contribution >= 0.6 is 0 Å². The van der Waals surface area contributed by atoms with Gasteiger partial charge in [0.2, 0.25) is 0 Å². The average molecular weight is 220 g/mol. The van der Waals surface area contributed by atoms with E-state index in [4.69, 9.17) is 15.2 Å². The predicted molar refractivity (Wildman–Crippen MR) is 59.8 cm³/mol. The summed E-state index contributed by atoms with van der Waals surface area (Å²) in [6.07, 6.45) is 0. The molecular formula is C10H24N2O3. The van der Waals surface area contributed by atoms with Crippen LogP contribution in [0.5, 0.6) is 0 Å². The highest BCUT2D eigenvalue weighted by Crippen LogP contribution is 2.02. The van der Waals surface area contributed by atoms with Gasteiger partial charge in [-0.25, -0.2) is 0 Å². The maximum absolute atomic E-state index is 9.26. The molecule has 5 heteroatoms. The fraction of sp³-hybridized carbons (Fsp3) is 1.00. The molecule has 0 aromatic carbocycles. The number of ether oxygens (including phenoxy) is 2. The number of hydrogen-bond acceptors (Lipinski definition) is 5. The standard InChI is InChI=1S/C10H24N2O3/c1-9(11)10(8-13)12(4-6-14-2)5-7-15-3/h9-10,13H,4-8,11H2,1-3H3. The first-order chi connectivity index (χ1) is 7.17. The fourth-order valence-corrected chi connectivity index (χ4v) is 1.47. The van der Waals surface area contributed by atoms with E-state index in [0.717, 1.165) is 13.1 Å². The Bertz CT molecular complexity index is 137. The minimum atomic E-state index is -0.0660. The second-order valence-electron chi connectivity index (χ2n) is 3.63. The number of nitrogens with two attached hydrogens (primary N) is 1. The summed E-state index contributed by atoms with van der Waals surface area (Å²) >= 11 is 0. The second kappa shape index (κ2) is 9.06. The largest absolute Gasteiger partial charge is 0.395 e. The minimum absolute atomic E-state index is 0.0321. The van der Waals surface area contributed by atoms with Gasteiger partial charge < -0.3 is 20.3 Å². The monoisotopic (exact) mass is 220 g/mol. The van der Waals surface area contributed by atoms with Crippen LogP contribution < -0.4 is 5.73 Å². The molecule has 0 aliphatic rings. The number of aliphatic hydroxyl groups is 1. The quantitative estimate of drug-likeness (QED) is 0.537. The molecule has 0 heterocycles. The zero-order valence-electron chi connectivity index (χ0n) is 9.98. The van der Waals surface area contributed by atoms with E-state index < -0.39 is 0 Å². The lowest BCUT2D eigenvalue weighted by Crippen LogP contribution is -2.50. The highest BCUT2D eigenvalue weighted by molar-refractivity contribution is 4.78. The van der Waals surface area contributed by atoms with Gasteiger partial charge in [0.25, 0.3) is 0 Å². The van der Waals surface area contributed by atoms with E-state index >= 15 is 0 Å². The Morgan fingerprint density at radius 3 is 1.93 bits per heavy atom. The van der Waals surface area contributed by atoms with E-state index in [1.54, 1.807) is 14.2 Å². The topological polar surface area (TPSA) is 68.0 Å². The molecule has 0 aromatic heterocycles. The molecule has 0 fully saturated rings. The molecule has 15 heavy (non-hydrogen) atoms. The summed E-state index contributed by atoms with van der Waals surface area (Å²) in [5.41, 5.74) is 5.81. The lowest BCUT2D eigenvalue weighted by Gasteiger charge is -2.32. The Balaban J connectivity index is 4.15. The van der Waals surface area contributed by atoms with Gasteiger partial charge in [-0.1, -0.05) is 0 Å². The van der Waals surface area contributed by atoms with Crippen molar-refractivity contribution in [1.29, 1.82) is 0 Å². The van der Waals surface area contributed by atoms with Crippen molar-refractivity contribution in [3.8, 4) is 0 Å². The van der Waals surface area contributed by atoms with Crippen LogP contribution in [0, 0.1) is 0 Å². The van der Waals surface area contributed by atoms with Crippen molar-refractivity contribution in [3.63, 3.8) is 0 Å².